The molecular formula is C24H22FN5O. The van der Waals surface area contributed by atoms with Crippen molar-refractivity contribution in [2.24, 2.45) is 5.92 Å². The van der Waals surface area contributed by atoms with Crippen LogP contribution in [0.5, 0.6) is 5.75 Å². The van der Waals surface area contributed by atoms with Gasteiger partial charge in [-0.25, -0.2) is 14.4 Å². The molecule has 6 nitrogen and oxygen atoms in total. The average Bonchev–Trinajstić information content (AvgIpc) is 3.62. The lowest BCUT2D eigenvalue weighted by molar-refractivity contribution is 0.303. The molecule has 5 rings (SSSR count). The first-order chi connectivity index (χ1) is 15.2. The molecule has 2 aromatic carbocycles. The van der Waals surface area contributed by atoms with Gasteiger partial charge >= 0.3 is 0 Å². The highest BCUT2D eigenvalue weighted by molar-refractivity contribution is 5.96. The average molecular weight is 415 g/mol. The van der Waals surface area contributed by atoms with Crippen LogP contribution in [0.3, 0.4) is 0 Å². The molecule has 2 aromatic heterocycles. The van der Waals surface area contributed by atoms with Gasteiger partial charge in [-0.15, -0.1) is 0 Å². The molecule has 4 aromatic rings. The first-order valence-corrected chi connectivity index (χ1v) is 10.4. The van der Waals surface area contributed by atoms with Gasteiger partial charge in [0.05, 0.1) is 24.5 Å². The van der Waals surface area contributed by atoms with Crippen LogP contribution in [0.2, 0.25) is 0 Å². The first kappa shape index (κ1) is 19.4. The van der Waals surface area contributed by atoms with E-state index in [0.717, 1.165) is 33.4 Å². The fourth-order valence-corrected chi connectivity index (χ4v) is 3.38. The van der Waals surface area contributed by atoms with Gasteiger partial charge < -0.3 is 10.1 Å². The molecule has 1 fully saturated rings. The first-order valence-electron chi connectivity index (χ1n) is 10.4. The molecule has 1 N–H and O–H groups in total. The Morgan fingerprint density at radius 2 is 1.84 bits per heavy atom. The summed E-state index contributed by atoms with van der Waals surface area (Å²) in [7, 11) is 0. The van der Waals surface area contributed by atoms with Crippen LogP contribution in [-0.2, 0) is 6.54 Å². The summed E-state index contributed by atoms with van der Waals surface area (Å²) in [5.74, 6) is 1.75. The number of halogens is 1. The number of rotatable bonds is 7. The fourth-order valence-electron chi connectivity index (χ4n) is 3.38. The number of anilines is 1. The van der Waals surface area contributed by atoms with Crippen molar-refractivity contribution in [3.05, 3.63) is 72.1 Å². The molecule has 0 radical (unpaired) electrons. The third-order valence-corrected chi connectivity index (χ3v) is 5.34. The maximum atomic E-state index is 13.4. The van der Waals surface area contributed by atoms with Crippen molar-refractivity contribution in [2.75, 3.05) is 11.9 Å². The zero-order valence-corrected chi connectivity index (χ0v) is 17.2. The molecular weight excluding hydrogens is 393 g/mol. The molecule has 0 unspecified atom stereocenters. The Kier molecular flexibility index (Phi) is 5.16. The number of fused-ring (bicyclic) bond motifs is 1. The maximum Gasteiger partial charge on any atom is 0.146 e. The number of hydrogen-bond donors (Lipinski definition) is 1. The van der Waals surface area contributed by atoms with Crippen molar-refractivity contribution in [3.63, 3.8) is 0 Å². The number of aromatic nitrogens is 4. The fraction of sp³-hybridized carbons (Fsp3) is 0.250. The van der Waals surface area contributed by atoms with Crippen LogP contribution >= 0.6 is 0 Å². The highest BCUT2D eigenvalue weighted by Crippen LogP contribution is 2.36. The normalized spacial score (nSPS) is 13.4. The molecule has 0 saturated heterocycles. The van der Waals surface area contributed by atoms with E-state index in [4.69, 9.17) is 4.74 Å². The molecule has 0 amide bonds. The molecule has 156 valence electrons. The zero-order chi connectivity index (χ0) is 21.2. The standard InChI is InChI=1S/C24H22FN5O/c1-15-2-9-20(30-29-15)12-26-24-21-10-18(17-5-7-19(25)8-6-17)11-22(23(21)27-14-28-24)31-13-16-3-4-16/h2,5-11,14,16H,3-4,12-13H2,1H3,(H,26,27,28). The second kappa shape index (κ2) is 8.26. The Morgan fingerprint density at radius 1 is 1.00 bits per heavy atom. The Bertz CT molecular complexity index is 1210. The van der Waals surface area contributed by atoms with E-state index in [9.17, 15) is 4.39 Å². The quantitative estimate of drug-likeness (QED) is 0.461. The van der Waals surface area contributed by atoms with Gasteiger partial charge in [0.2, 0.25) is 0 Å². The van der Waals surface area contributed by atoms with Gasteiger partial charge in [0.15, 0.2) is 0 Å². The van der Waals surface area contributed by atoms with Gasteiger partial charge in [-0.3, -0.25) is 0 Å². The van der Waals surface area contributed by atoms with Gasteiger partial charge in [-0.1, -0.05) is 12.1 Å². The van der Waals surface area contributed by atoms with Crippen molar-refractivity contribution in [3.8, 4) is 16.9 Å². The summed E-state index contributed by atoms with van der Waals surface area (Å²) in [4.78, 5) is 8.94. The summed E-state index contributed by atoms with van der Waals surface area (Å²) in [6.45, 7) is 3.06. The smallest absolute Gasteiger partial charge is 0.146 e. The molecule has 0 spiro atoms. The van der Waals surface area contributed by atoms with Crippen molar-refractivity contribution >= 4 is 16.7 Å². The molecule has 0 atom stereocenters. The van der Waals surface area contributed by atoms with E-state index in [-0.39, 0.29) is 5.82 Å². The van der Waals surface area contributed by atoms with Crippen LogP contribution in [0.15, 0.2) is 54.9 Å². The maximum absolute atomic E-state index is 13.4. The molecule has 1 saturated carbocycles. The molecule has 2 heterocycles. The van der Waals surface area contributed by atoms with E-state index >= 15 is 0 Å². The van der Waals surface area contributed by atoms with Crippen LogP contribution < -0.4 is 10.1 Å². The summed E-state index contributed by atoms with van der Waals surface area (Å²) in [5, 5.41) is 12.5. The lowest BCUT2D eigenvalue weighted by atomic mass is 10.0. The summed E-state index contributed by atoms with van der Waals surface area (Å²) in [6, 6.07) is 14.3. The summed E-state index contributed by atoms with van der Waals surface area (Å²) < 4.78 is 19.6. The van der Waals surface area contributed by atoms with Gasteiger partial charge in [-0.05, 0) is 73.2 Å². The summed E-state index contributed by atoms with van der Waals surface area (Å²) in [5.41, 5.74) is 4.26. The molecule has 1 aliphatic carbocycles. The van der Waals surface area contributed by atoms with Crippen molar-refractivity contribution in [1.82, 2.24) is 20.2 Å². The molecule has 7 heteroatoms. The topological polar surface area (TPSA) is 72.8 Å². The van der Waals surface area contributed by atoms with E-state index in [2.05, 4.69) is 25.5 Å². The van der Waals surface area contributed by atoms with E-state index < -0.39 is 0 Å². The Balaban J connectivity index is 1.53. The number of nitrogens with one attached hydrogen (secondary N) is 1. The third-order valence-electron chi connectivity index (χ3n) is 5.34. The van der Waals surface area contributed by atoms with E-state index in [1.807, 2.05) is 31.2 Å². The minimum Gasteiger partial charge on any atom is -0.491 e. The Labute approximate surface area is 179 Å². The van der Waals surface area contributed by atoms with E-state index in [1.54, 1.807) is 12.1 Å². The number of nitrogens with zero attached hydrogens (tertiary/aromatic N) is 4. The lowest BCUT2D eigenvalue weighted by Gasteiger charge is -2.14. The summed E-state index contributed by atoms with van der Waals surface area (Å²) >= 11 is 0. The van der Waals surface area contributed by atoms with Crippen LogP contribution in [-0.4, -0.2) is 26.8 Å². The van der Waals surface area contributed by atoms with Crippen molar-refractivity contribution in [1.29, 1.82) is 0 Å². The van der Waals surface area contributed by atoms with Crippen molar-refractivity contribution < 1.29 is 9.13 Å². The minimum atomic E-state index is -0.264. The van der Waals surface area contributed by atoms with Gasteiger partial charge in [0.25, 0.3) is 0 Å². The number of benzene rings is 2. The summed E-state index contributed by atoms with van der Waals surface area (Å²) in [6.07, 6.45) is 3.94. The molecule has 1 aliphatic rings. The second-order valence-corrected chi connectivity index (χ2v) is 7.87. The van der Waals surface area contributed by atoms with Crippen LogP contribution in [0.1, 0.15) is 24.2 Å². The van der Waals surface area contributed by atoms with Gasteiger partial charge in [0.1, 0.15) is 29.2 Å². The Hall–Kier alpha value is -3.61. The highest BCUT2D eigenvalue weighted by Gasteiger charge is 2.23. The van der Waals surface area contributed by atoms with Gasteiger partial charge in [-0.2, -0.15) is 10.2 Å². The predicted octanol–water partition coefficient (Wildman–Crippen LogP) is 4.94. The Morgan fingerprint density at radius 3 is 2.58 bits per heavy atom. The van der Waals surface area contributed by atoms with Crippen molar-refractivity contribution in [2.45, 2.75) is 26.3 Å². The van der Waals surface area contributed by atoms with Gasteiger partial charge in [0, 0.05) is 5.39 Å². The van der Waals surface area contributed by atoms with E-state index in [1.165, 1.54) is 31.3 Å². The number of ether oxygens (including phenoxy) is 1. The lowest BCUT2D eigenvalue weighted by Crippen LogP contribution is -2.06. The monoisotopic (exact) mass is 415 g/mol. The third kappa shape index (κ3) is 4.45. The van der Waals surface area contributed by atoms with Crippen LogP contribution in [0.4, 0.5) is 10.2 Å². The molecule has 31 heavy (non-hydrogen) atoms. The largest absolute Gasteiger partial charge is 0.491 e. The SMILES string of the molecule is Cc1ccc(CNc2ncnc3c(OCC4CC4)cc(-c4ccc(F)cc4)cc23)nn1. The minimum absolute atomic E-state index is 0.264. The predicted molar refractivity (Wildman–Crippen MR) is 117 cm³/mol. The second-order valence-electron chi connectivity index (χ2n) is 7.87. The van der Waals surface area contributed by atoms with Crippen LogP contribution in [0, 0.1) is 18.7 Å². The number of aryl methyl sites for hydroxylation is 1. The molecule has 0 bridgehead atoms. The number of hydrogen-bond acceptors (Lipinski definition) is 6. The van der Waals surface area contributed by atoms with Crippen LogP contribution in [0.25, 0.3) is 22.0 Å². The highest BCUT2D eigenvalue weighted by atomic mass is 19.1. The molecule has 0 aliphatic heterocycles. The zero-order valence-electron chi connectivity index (χ0n) is 17.2. The van der Waals surface area contributed by atoms with E-state index in [0.29, 0.717) is 30.6 Å².